The van der Waals surface area contributed by atoms with Crippen LogP contribution in [0.3, 0.4) is 0 Å². The zero-order valence-electron chi connectivity index (χ0n) is 11.5. The number of benzene rings is 2. The Morgan fingerprint density at radius 3 is 2.81 bits per heavy atom. The lowest BCUT2D eigenvalue weighted by atomic mass is 10.0. The molecule has 0 saturated carbocycles. The Morgan fingerprint density at radius 2 is 1.95 bits per heavy atom. The first kappa shape index (κ1) is 12.5. The van der Waals surface area contributed by atoms with Gasteiger partial charge in [0.15, 0.2) is 0 Å². The summed E-state index contributed by atoms with van der Waals surface area (Å²) in [6.07, 6.45) is -0.0395. The van der Waals surface area contributed by atoms with Gasteiger partial charge >= 0.3 is 0 Å². The molecule has 1 aliphatic rings. The van der Waals surface area contributed by atoms with Gasteiger partial charge < -0.3 is 5.32 Å². The topological polar surface area (TPSA) is 29.9 Å². The van der Waals surface area contributed by atoms with E-state index in [0.29, 0.717) is 0 Å². The van der Waals surface area contributed by atoms with E-state index in [1.165, 1.54) is 5.56 Å². The fourth-order valence-corrected chi connectivity index (χ4v) is 3.06. The molecule has 4 rings (SSSR count). The van der Waals surface area contributed by atoms with Gasteiger partial charge in [-0.05, 0) is 36.8 Å². The van der Waals surface area contributed by atoms with E-state index in [2.05, 4.69) is 34.7 Å². The van der Waals surface area contributed by atoms with E-state index >= 15 is 0 Å². The molecule has 0 bridgehead atoms. The fraction of sp³-hybridized carbons (Fsp3) is 0.118. The van der Waals surface area contributed by atoms with Gasteiger partial charge in [0.2, 0.25) is 0 Å². The van der Waals surface area contributed by atoms with Crippen LogP contribution in [-0.4, -0.2) is 9.78 Å². The highest BCUT2D eigenvalue weighted by Gasteiger charge is 2.26. The van der Waals surface area contributed by atoms with E-state index < -0.39 is 0 Å². The van der Waals surface area contributed by atoms with Crippen molar-refractivity contribution in [3.63, 3.8) is 0 Å². The van der Waals surface area contributed by atoms with Crippen LogP contribution in [0.1, 0.15) is 17.4 Å². The van der Waals surface area contributed by atoms with Crippen LogP contribution in [0.25, 0.3) is 11.3 Å². The van der Waals surface area contributed by atoms with Gasteiger partial charge in [-0.2, -0.15) is 5.10 Å². The van der Waals surface area contributed by atoms with Gasteiger partial charge in [-0.1, -0.05) is 41.9 Å². The molecule has 21 heavy (non-hydrogen) atoms. The fourth-order valence-electron chi connectivity index (χ4n) is 2.86. The van der Waals surface area contributed by atoms with Gasteiger partial charge in [-0.15, -0.1) is 0 Å². The smallest absolute Gasteiger partial charge is 0.147 e. The SMILES string of the molecule is Cc1cc2n(n1)[C@H](c1cccc(Cl)c1)Nc1ccccc1-2. The van der Waals surface area contributed by atoms with Crippen molar-refractivity contribution in [2.75, 3.05) is 5.32 Å². The molecule has 1 atom stereocenters. The van der Waals surface area contributed by atoms with E-state index in [1.807, 2.05) is 41.9 Å². The van der Waals surface area contributed by atoms with Crippen LogP contribution < -0.4 is 5.32 Å². The van der Waals surface area contributed by atoms with Gasteiger partial charge in [0.1, 0.15) is 6.17 Å². The number of fused-ring (bicyclic) bond motifs is 3. The van der Waals surface area contributed by atoms with E-state index in [1.54, 1.807) is 0 Å². The average Bonchev–Trinajstić information content (AvgIpc) is 2.88. The van der Waals surface area contributed by atoms with Crippen LogP contribution in [0.5, 0.6) is 0 Å². The summed E-state index contributed by atoms with van der Waals surface area (Å²) in [6.45, 7) is 2.02. The molecule has 0 unspecified atom stereocenters. The van der Waals surface area contributed by atoms with Crippen LogP contribution in [0.15, 0.2) is 54.6 Å². The predicted octanol–water partition coefficient (Wildman–Crippen LogP) is 4.48. The highest BCUT2D eigenvalue weighted by Crippen LogP contribution is 2.38. The highest BCUT2D eigenvalue weighted by atomic mass is 35.5. The molecule has 0 saturated heterocycles. The zero-order chi connectivity index (χ0) is 14.4. The van der Waals surface area contributed by atoms with Crippen molar-refractivity contribution in [2.24, 2.45) is 0 Å². The molecule has 4 heteroatoms. The third-order valence-corrected chi connectivity index (χ3v) is 4.00. The summed E-state index contributed by atoms with van der Waals surface area (Å²) >= 11 is 6.14. The molecule has 0 amide bonds. The number of aromatic nitrogens is 2. The van der Waals surface area contributed by atoms with Crippen LogP contribution in [-0.2, 0) is 0 Å². The lowest BCUT2D eigenvalue weighted by molar-refractivity contribution is 0.571. The van der Waals surface area contributed by atoms with Crippen LogP contribution in [0.2, 0.25) is 5.02 Å². The van der Waals surface area contributed by atoms with Crippen molar-refractivity contribution >= 4 is 17.3 Å². The maximum absolute atomic E-state index is 6.14. The summed E-state index contributed by atoms with van der Waals surface area (Å²) in [7, 11) is 0. The average molecular weight is 296 g/mol. The van der Waals surface area contributed by atoms with Gasteiger partial charge in [-0.25, -0.2) is 4.68 Å². The number of hydrogen-bond donors (Lipinski definition) is 1. The molecule has 3 nitrogen and oxygen atoms in total. The largest absolute Gasteiger partial charge is 0.359 e. The highest BCUT2D eigenvalue weighted by molar-refractivity contribution is 6.30. The molecule has 1 N–H and O–H groups in total. The van der Waals surface area contributed by atoms with Crippen LogP contribution >= 0.6 is 11.6 Å². The molecule has 104 valence electrons. The van der Waals surface area contributed by atoms with E-state index in [0.717, 1.165) is 27.7 Å². The maximum Gasteiger partial charge on any atom is 0.147 e. The van der Waals surface area contributed by atoms with Crippen molar-refractivity contribution in [1.82, 2.24) is 9.78 Å². The lowest BCUT2D eigenvalue weighted by Crippen LogP contribution is -2.25. The minimum atomic E-state index is -0.0395. The van der Waals surface area contributed by atoms with E-state index in [-0.39, 0.29) is 6.17 Å². The molecule has 3 aromatic rings. The number of aryl methyl sites for hydroxylation is 1. The number of nitrogens with one attached hydrogen (secondary N) is 1. The predicted molar refractivity (Wildman–Crippen MR) is 85.6 cm³/mol. The summed E-state index contributed by atoms with van der Waals surface area (Å²) < 4.78 is 2.03. The third kappa shape index (κ3) is 2.01. The Morgan fingerprint density at radius 1 is 1.10 bits per heavy atom. The number of halogens is 1. The molecule has 0 spiro atoms. The number of anilines is 1. The van der Waals surface area contributed by atoms with E-state index in [4.69, 9.17) is 11.6 Å². The Bertz CT molecular complexity index is 822. The second kappa shape index (κ2) is 4.64. The maximum atomic E-state index is 6.14. The standard InChI is InChI=1S/C17H14ClN3/c1-11-9-16-14-7-2-3-8-15(14)19-17(21(16)20-11)12-5-4-6-13(18)10-12/h2-10,17,19H,1H3/t17-/m1/s1. The van der Waals surface area contributed by atoms with Crippen molar-refractivity contribution in [3.05, 3.63) is 70.9 Å². The first-order chi connectivity index (χ1) is 10.2. The minimum absolute atomic E-state index is 0.0395. The molecule has 2 aromatic carbocycles. The number of para-hydroxylation sites is 1. The second-order valence-electron chi connectivity index (χ2n) is 5.26. The van der Waals surface area contributed by atoms with Crippen molar-refractivity contribution in [1.29, 1.82) is 0 Å². The molecule has 0 fully saturated rings. The summed E-state index contributed by atoms with van der Waals surface area (Å²) in [5.74, 6) is 0. The number of rotatable bonds is 1. The first-order valence-electron chi connectivity index (χ1n) is 6.90. The molecule has 1 aromatic heterocycles. The summed E-state index contributed by atoms with van der Waals surface area (Å²) in [5.41, 5.74) is 5.54. The third-order valence-electron chi connectivity index (χ3n) is 3.76. The normalized spacial score (nSPS) is 16.0. The van der Waals surface area contributed by atoms with Crippen molar-refractivity contribution in [2.45, 2.75) is 13.1 Å². The molecular weight excluding hydrogens is 282 g/mol. The molecule has 0 radical (unpaired) electrons. The quantitative estimate of drug-likeness (QED) is 0.717. The summed E-state index contributed by atoms with van der Waals surface area (Å²) in [6, 6.07) is 18.3. The first-order valence-corrected chi connectivity index (χ1v) is 7.28. The Balaban J connectivity index is 1.92. The Kier molecular flexibility index (Phi) is 2.76. The molecule has 1 aliphatic heterocycles. The van der Waals surface area contributed by atoms with Gasteiger partial charge in [0, 0.05) is 16.3 Å². The number of nitrogens with zero attached hydrogens (tertiary/aromatic N) is 2. The van der Waals surface area contributed by atoms with Crippen molar-refractivity contribution < 1.29 is 0 Å². The van der Waals surface area contributed by atoms with Gasteiger partial charge in [0.05, 0.1) is 11.4 Å². The van der Waals surface area contributed by atoms with E-state index in [9.17, 15) is 0 Å². The summed E-state index contributed by atoms with van der Waals surface area (Å²) in [4.78, 5) is 0. The monoisotopic (exact) mass is 295 g/mol. The van der Waals surface area contributed by atoms with Crippen LogP contribution in [0.4, 0.5) is 5.69 Å². The molecule has 2 heterocycles. The Hall–Kier alpha value is -2.26. The number of hydrogen-bond acceptors (Lipinski definition) is 2. The lowest BCUT2D eigenvalue weighted by Gasteiger charge is -2.29. The molecule has 0 aliphatic carbocycles. The van der Waals surface area contributed by atoms with Gasteiger partial charge in [-0.3, -0.25) is 0 Å². The second-order valence-corrected chi connectivity index (χ2v) is 5.70. The summed E-state index contributed by atoms with van der Waals surface area (Å²) in [5, 5.41) is 8.94. The minimum Gasteiger partial charge on any atom is -0.359 e. The van der Waals surface area contributed by atoms with Gasteiger partial charge in [0.25, 0.3) is 0 Å². The molecular formula is C17H14ClN3. The Labute approximate surface area is 128 Å². The zero-order valence-corrected chi connectivity index (χ0v) is 12.3. The van der Waals surface area contributed by atoms with Crippen molar-refractivity contribution in [3.8, 4) is 11.3 Å². The van der Waals surface area contributed by atoms with Crippen LogP contribution in [0, 0.1) is 6.92 Å².